The van der Waals surface area contributed by atoms with Crippen LogP contribution >= 0.6 is 0 Å². The van der Waals surface area contributed by atoms with Crippen LogP contribution in [0.3, 0.4) is 0 Å². The Bertz CT molecular complexity index is 693. The van der Waals surface area contributed by atoms with Crippen LogP contribution in [0.5, 0.6) is 0 Å². The molecule has 128 valence electrons. The molecule has 5 heteroatoms. The molecule has 1 aliphatic carbocycles. The van der Waals surface area contributed by atoms with Crippen molar-refractivity contribution in [3.8, 4) is 0 Å². The third kappa shape index (κ3) is 3.66. The number of rotatable bonds is 4. The molecule has 24 heavy (non-hydrogen) atoms. The summed E-state index contributed by atoms with van der Waals surface area (Å²) in [5, 5.41) is 0. The molecule has 2 N–H and O–H groups in total. The van der Waals surface area contributed by atoms with Crippen molar-refractivity contribution in [3.05, 3.63) is 46.9 Å². The lowest BCUT2D eigenvalue weighted by molar-refractivity contribution is 0.410. The number of nitrogens with zero attached hydrogens (tertiary/aromatic N) is 3. The highest BCUT2D eigenvalue weighted by atomic mass is 19.1. The molecular weight excluding hydrogens is 303 g/mol. The number of aromatic nitrogens is 2. The average Bonchev–Trinajstić information content (AvgIpc) is 2.58. The van der Waals surface area contributed by atoms with Crippen molar-refractivity contribution in [1.82, 2.24) is 9.97 Å². The number of nitrogens with two attached hydrogens (primary N) is 1. The molecule has 0 bridgehead atoms. The molecular formula is C19H25FN4. The van der Waals surface area contributed by atoms with Gasteiger partial charge in [-0.1, -0.05) is 31.4 Å². The molecule has 0 spiro atoms. The Labute approximate surface area is 142 Å². The Kier molecular flexibility index (Phi) is 4.97. The number of aryl methyl sites for hydroxylation is 1. The van der Waals surface area contributed by atoms with Crippen LogP contribution in [0.25, 0.3) is 0 Å². The van der Waals surface area contributed by atoms with Crippen LogP contribution in [0.15, 0.2) is 24.3 Å². The van der Waals surface area contributed by atoms with Crippen LogP contribution in [0.1, 0.15) is 48.9 Å². The standard InChI is InChI=1S/C19H25FN4/c1-13-14(2)22-19(21)23-18(13)24(17-6-4-3-5-7-17)12-15-8-10-16(20)11-9-15/h8-11,17H,3-7,12H2,1-2H3,(H2,21,22,23). The van der Waals surface area contributed by atoms with Crippen LogP contribution in [0, 0.1) is 19.7 Å². The predicted octanol–water partition coefficient (Wildman–Crippen LogP) is 4.15. The zero-order valence-corrected chi connectivity index (χ0v) is 14.4. The minimum absolute atomic E-state index is 0.207. The summed E-state index contributed by atoms with van der Waals surface area (Å²) in [5.74, 6) is 1.02. The first-order valence-corrected chi connectivity index (χ1v) is 8.66. The highest BCUT2D eigenvalue weighted by molar-refractivity contribution is 5.52. The van der Waals surface area contributed by atoms with E-state index in [0.717, 1.165) is 35.5 Å². The lowest BCUT2D eigenvalue weighted by atomic mass is 9.93. The lowest BCUT2D eigenvalue weighted by Crippen LogP contribution is -2.37. The normalized spacial score (nSPS) is 15.5. The maximum absolute atomic E-state index is 13.2. The molecule has 3 rings (SSSR count). The van der Waals surface area contributed by atoms with Gasteiger partial charge in [-0.3, -0.25) is 0 Å². The summed E-state index contributed by atoms with van der Waals surface area (Å²) in [6, 6.07) is 7.16. The summed E-state index contributed by atoms with van der Waals surface area (Å²) < 4.78 is 13.2. The SMILES string of the molecule is Cc1nc(N)nc(N(Cc2ccc(F)cc2)C2CCCCC2)c1C. The topological polar surface area (TPSA) is 55.0 Å². The second-order valence-electron chi connectivity index (χ2n) is 6.66. The van der Waals surface area contributed by atoms with Gasteiger partial charge in [-0.05, 0) is 44.4 Å². The summed E-state index contributed by atoms with van der Waals surface area (Å²) >= 11 is 0. The van der Waals surface area contributed by atoms with E-state index in [1.165, 1.54) is 31.4 Å². The van der Waals surface area contributed by atoms with Crippen LogP contribution in [-0.2, 0) is 6.54 Å². The zero-order valence-electron chi connectivity index (χ0n) is 14.4. The van der Waals surface area contributed by atoms with Crippen LogP contribution in [-0.4, -0.2) is 16.0 Å². The van der Waals surface area contributed by atoms with Gasteiger partial charge in [0, 0.05) is 23.8 Å². The van der Waals surface area contributed by atoms with Gasteiger partial charge >= 0.3 is 0 Å². The first-order valence-electron chi connectivity index (χ1n) is 8.66. The molecule has 1 saturated carbocycles. The second-order valence-corrected chi connectivity index (χ2v) is 6.66. The third-order valence-electron chi connectivity index (χ3n) is 4.93. The van der Waals surface area contributed by atoms with E-state index in [9.17, 15) is 4.39 Å². The van der Waals surface area contributed by atoms with Crippen molar-refractivity contribution in [2.24, 2.45) is 0 Å². The quantitative estimate of drug-likeness (QED) is 0.916. The summed E-state index contributed by atoms with van der Waals surface area (Å²) in [4.78, 5) is 11.2. The molecule has 1 fully saturated rings. The van der Waals surface area contributed by atoms with E-state index in [0.29, 0.717) is 18.5 Å². The van der Waals surface area contributed by atoms with Gasteiger partial charge in [-0.25, -0.2) is 9.37 Å². The highest BCUT2D eigenvalue weighted by Crippen LogP contribution is 2.31. The second kappa shape index (κ2) is 7.16. The smallest absolute Gasteiger partial charge is 0.222 e. The minimum atomic E-state index is -0.207. The molecule has 0 aliphatic heterocycles. The minimum Gasteiger partial charge on any atom is -0.368 e. The Morgan fingerprint density at radius 2 is 1.75 bits per heavy atom. The Morgan fingerprint density at radius 3 is 2.42 bits per heavy atom. The Hall–Kier alpha value is -2.17. The predicted molar refractivity (Wildman–Crippen MR) is 95.4 cm³/mol. The summed E-state index contributed by atoms with van der Waals surface area (Å²) in [6.07, 6.45) is 6.09. The number of nitrogen functional groups attached to an aromatic ring is 1. The van der Waals surface area contributed by atoms with Crippen molar-refractivity contribution in [2.45, 2.75) is 58.5 Å². The molecule has 0 amide bonds. The van der Waals surface area contributed by atoms with Crippen molar-refractivity contribution in [1.29, 1.82) is 0 Å². The van der Waals surface area contributed by atoms with Crippen LogP contribution in [0.4, 0.5) is 16.2 Å². The first kappa shape index (κ1) is 16.7. The number of benzene rings is 1. The third-order valence-corrected chi connectivity index (χ3v) is 4.93. The number of anilines is 2. The van der Waals surface area contributed by atoms with Crippen molar-refractivity contribution in [2.75, 3.05) is 10.6 Å². The monoisotopic (exact) mass is 328 g/mol. The zero-order chi connectivity index (χ0) is 17.1. The first-order chi connectivity index (χ1) is 11.5. The van der Waals surface area contributed by atoms with E-state index in [2.05, 4.69) is 14.9 Å². The van der Waals surface area contributed by atoms with E-state index >= 15 is 0 Å². The van der Waals surface area contributed by atoms with Crippen molar-refractivity contribution < 1.29 is 4.39 Å². The fraction of sp³-hybridized carbons (Fsp3) is 0.474. The number of hydrogen-bond acceptors (Lipinski definition) is 4. The van der Waals surface area contributed by atoms with Gasteiger partial charge in [0.05, 0.1) is 0 Å². The molecule has 0 radical (unpaired) electrons. The molecule has 0 atom stereocenters. The van der Waals surface area contributed by atoms with Gasteiger partial charge in [0.25, 0.3) is 0 Å². The maximum Gasteiger partial charge on any atom is 0.222 e. The maximum atomic E-state index is 13.2. The van der Waals surface area contributed by atoms with E-state index in [4.69, 9.17) is 5.73 Å². The fourth-order valence-corrected chi connectivity index (χ4v) is 3.47. The average molecular weight is 328 g/mol. The number of hydrogen-bond donors (Lipinski definition) is 1. The van der Waals surface area contributed by atoms with Gasteiger partial charge in [0.1, 0.15) is 11.6 Å². The highest BCUT2D eigenvalue weighted by Gasteiger charge is 2.25. The van der Waals surface area contributed by atoms with E-state index in [1.807, 2.05) is 26.0 Å². The molecule has 1 aromatic heterocycles. The van der Waals surface area contributed by atoms with Crippen molar-refractivity contribution in [3.63, 3.8) is 0 Å². The van der Waals surface area contributed by atoms with E-state index in [1.54, 1.807) is 0 Å². The van der Waals surface area contributed by atoms with Crippen LogP contribution < -0.4 is 10.6 Å². The van der Waals surface area contributed by atoms with Gasteiger partial charge < -0.3 is 10.6 Å². The molecule has 1 heterocycles. The van der Waals surface area contributed by atoms with E-state index in [-0.39, 0.29) is 5.82 Å². The van der Waals surface area contributed by atoms with Gasteiger partial charge in [0.15, 0.2) is 0 Å². The Morgan fingerprint density at radius 1 is 1.08 bits per heavy atom. The van der Waals surface area contributed by atoms with Crippen molar-refractivity contribution >= 4 is 11.8 Å². The van der Waals surface area contributed by atoms with Gasteiger partial charge in [-0.15, -0.1) is 0 Å². The molecule has 4 nitrogen and oxygen atoms in total. The molecule has 2 aromatic rings. The number of halogens is 1. The largest absolute Gasteiger partial charge is 0.368 e. The summed E-state index contributed by atoms with van der Waals surface area (Å²) in [7, 11) is 0. The van der Waals surface area contributed by atoms with Gasteiger partial charge in [-0.2, -0.15) is 4.98 Å². The summed E-state index contributed by atoms with van der Waals surface area (Å²) in [5.41, 5.74) is 8.97. The molecule has 0 unspecified atom stereocenters. The molecule has 1 aromatic carbocycles. The molecule has 1 aliphatic rings. The lowest BCUT2D eigenvalue weighted by Gasteiger charge is -2.36. The fourth-order valence-electron chi connectivity index (χ4n) is 3.47. The Balaban J connectivity index is 1.96. The summed E-state index contributed by atoms with van der Waals surface area (Å²) in [6.45, 7) is 4.72. The van der Waals surface area contributed by atoms with E-state index < -0.39 is 0 Å². The van der Waals surface area contributed by atoms with Gasteiger partial charge in [0.2, 0.25) is 5.95 Å². The molecule has 0 saturated heterocycles. The van der Waals surface area contributed by atoms with Crippen LogP contribution in [0.2, 0.25) is 0 Å².